The molecule has 0 spiro atoms. The first-order chi connectivity index (χ1) is 58.3. The molecule has 11 rings (SSSR count). The molecular formula is C92H87Cl10F5N12O7. The number of aromatic nitrogens is 6. The van der Waals surface area contributed by atoms with Crippen molar-refractivity contribution in [3.05, 3.63) is 295 Å². The van der Waals surface area contributed by atoms with E-state index in [9.17, 15) is 41.1 Å². The molecule has 0 aliphatic rings. The summed E-state index contributed by atoms with van der Waals surface area (Å²) in [6, 6.07) is 45.3. The summed E-state index contributed by atoms with van der Waals surface area (Å²) in [4.78, 5) is 72.8. The van der Waals surface area contributed by atoms with Gasteiger partial charge in [0.2, 0.25) is 0 Å². The SMILES string of the molecule is C=Cc1cc(C(C)(C)NC(=O)OC(C)(C)C)cc(-c2ccc(F)c(Cl)c2)n1.CC(C)(C)OC(=O)NC(C)(C)c1cc(C=O)nc(-c2ccc(F)c(Cl)c2)c1.CC(C)(C)OC(=O)NC(C)(C)c1cc(Cl)nc(-c2ccc(F)c(Cl)c2)c1.CC(C)(N)c1cc(Cl)nc(-c2ccc(F)c(Cl)c2)c1.N#Cc1cc(Cl)nc(-c2ccc(F)c(Cl)c2)c1.N#Cc1cc(Cl)nc(Cl)c1. The lowest BCUT2D eigenvalue weighted by Gasteiger charge is -2.29. The van der Waals surface area contributed by atoms with Crippen LogP contribution in [-0.2, 0) is 36.4 Å². The van der Waals surface area contributed by atoms with Crippen LogP contribution in [0.15, 0.2) is 170 Å². The van der Waals surface area contributed by atoms with E-state index in [0.717, 1.165) is 16.7 Å². The average Bonchev–Trinajstić information content (AvgIpc) is 0.802. The quantitative estimate of drug-likeness (QED) is 0.0341. The van der Waals surface area contributed by atoms with Gasteiger partial charge in [0.15, 0.2) is 6.29 Å². The Bertz CT molecular complexity index is 5760. The van der Waals surface area contributed by atoms with E-state index in [0.29, 0.717) is 90.1 Å². The van der Waals surface area contributed by atoms with E-state index in [4.69, 9.17) is 146 Å². The highest BCUT2D eigenvalue weighted by Crippen LogP contribution is 2.36. The summed E-state index contributed by atoms with van der Waals surface area (Å²) in [5.41, 5.74) is 11.8. The molecule has 34 heteroatoms. The zero-order valence-corrected chi connectivity index (χ0v) is 78.7. The van der Waals surface area contributed by atoms with E-state index in [1.165, 1.54) is 91.0 Å². The van der Waals surface area contributed by atoms with Gasteiger partial charge < -0.3 is 35.9 Å². The summed E-state index contributed by atoms with van der Waals surface area (Å²) >= 11 is 58.0. The topological polar surface area (TPSA) is 283 Å². The smallest absolute Gasteiger partial charge is 0.408 e. The standard InChI is InChI=1S/C21H24ClFN2O2.C20H22ClFN2O3.C19H21Cl2FN2O2.C14H13Cl2FN2.C12H5Cl2FN2.C6H2Cl2N2/c1-7-15-11-14(21(5,6)25-19(26)27-20(2,3)4)12-18(24-15)13-8-9-17(23)16(22)10-13;1-19(2,3)27-18(26)24-20(4,5)13-9-14(11-25)23-17(10-13)12-6-7-16(22)15(21)8-12;1-18(2,3)26-17(25)24-19(4,5)12-9-15(23-16(21)10-12)11-6-7-14(22)13(20)8-11;1-14(2,18)9-6-12(19-13(16)7-9)8-3-4-11(17)10(15)5-8;13-9-5-8(1-2-10(9)15)11-3-7(6-16)4-12(14)17-11;7-5-1-4(3-9)2-6(8)10-5/h7-12H,1H2,2-6H3,(H,25,26);6-11H,1-5H3,(H,24,26);6-10H,1-5H3,(H,24,25);3-7H,18H2,1-2H3;1-5H;1-2H. The summed E-state index contributed by atoms with van der Waals surface area (Å²) in [6.45, 7) is 34.5. The van der Waals surface area contributed by atoms with Gasteiger partial charge in [-0.25, -0.2) is 66.2 Å². The molecular weight excluding hydrogens is 1830 g/mol. The van der Waals surface area contributed by atoms with Gasteiger partial charge in [-0.05, 0) is 310 Å². The van der Waals surface area contributed by atoms with Gasteiger partial charge in [0.25, 0.3) is 0 Å². The van der Waals surface area contributed by atoms with Gasteiger partial charge >= 0.3 is 18.3 Å². The molecule has 5 aromatic carbocycles. The second kappa shape index (κ2) is 44.4. The van der Waals surface area contributed by atoms with Crippen LogP contribution in [-0.4, -0.2) is 71.3 Å². The second-order valence-corrected chi connectivity index (χ2v) is 36.7. The van der Waals surface area contributed by atoms with E-state index in [1.807, 2.05) is 71.9 Å². The second-order valence-electron chi connectivity index (χ2n) is 32.7. The highest BCUT2D eigenvalue weighted by atomic mass is 35.5. The predicted molar refractivity (Wildman–Crippen MR) is 492 cm³/mol. The number of alkyl carbamates (subject to hydrolysis) is 3. The van der Waals surface area contributed by atoms with Crippen molar-refractivity contribution in [2.24, 2.45) is 5.73 Å². The number of carbonyl (C=O) groups excluding carboxylic acids is 4. The Hall–Kier alpha value is -10.3. The number of halogens is 15. The number of nitrogens with zero attached hydrogens (tertiary/aromatic N) is 8. The molecule has 126 heavy (non-hydrogen) atoms. The van der Waals surface area contributed by atoms with Crippen molar-refractivity contribution in [1.82, 2.24) is 45.9 Å². The number of aldehydes is 1. The molecule has 11 aromatic rings. The number of ether oxygens (including phenoxy) is 3. The largest absolute Gasteiger partial charge is 0.444 e. The van der Waals surface area contributed by atoms with Crippen molar-refractivity contribution in [3.63, 3.8) is 0 Å². The molecule has 6 aromatic heterocycles. The lowest BCUT2D eigenvalue weighted by atomic mass is 9.92. The van der Waals surface area contributed by atoms with Crippen LogP contribution in [0.25, 0.3) is 62.4 Å². The first-order valence-corrected chi connectivity index (χ1v) is 41.5. The van der Waals surface area contributed by atoms with Crippen molar-refractivity contribution in [2.75, 3.05) is 0 Å². The molecule has 0 atom stereocenters. The first kappa shape index (κ1) is 104. The van der Waals surface area contributed by atoms with Crippen LogP contribution in [0.5, 0.6) is 0 Å². The van der Waals surface area contributed by atoms with Gasteiger partial charge in [-0.1, -0.05) is 123 Å². The van der Waals surface area contributed by atoms with E-state index in [1.54, 1.807) is 137 Å². The van der Waals surface area contributed by atoms with Crippen molar-refractivity contribution < 1.29 is 55.3 Å². The molecule has 3 amide bonds. The average molecular weight is 1920 g/mol. The monoisotopic (exact) mass is 1920 g/mol. The first-order valence-electron chi connectivity index (χ1n) is 37.7. The summed E-state index contributed by atoms with van der Waals surface area (Å²) in [5, 5.41) is 27.0. The van der Waals surface area contributed by atoms with Gasteiger partial charge in [-0.15, -0.1) is 0 Å². The van der Waals surface area contributed by atoms with Gasteiger partial charge in [-0.3, -0.25) is 4.79 Å². The molecule has 0 radical (unpaired) electrons. The minimum atomic E-state index is -0.846. The van der Waals surface area contributed by atoms with Crippen LogP contribution in [0.1, 0.15) is 167 Å². The molecule has 19 nitrogen and oxygen atoms in total. The lowest BCUT2D eigenvalue weighted by molar-refractivity contribution is 0.0457. The zero-order valence-electron chi connectivity index (χ0n) is 71.1. The Morgan fingerprint density at radius 1 is 0.349 bits per heavy atom. The van der Waals surface area contributed by atoms with Gasteiger partial charge in [0, 0.05) is 33.4 Å². The number of nitrogens with one attached hydrogen (secondary N) is 3. The number of nitriles is 2. The molecule has 0 fully saturated rings. The number of hydrogen-bond donors (Lipinski definition) is 4. The number of benzene rings is 5. The number of nitrogens with two attached hydrogens (primary N) is 1. The number of rotatable bonds is 14. The minimum absolute atomic E-state index is 0.00258. The number of amides is 3. The van der Waals surface area contributed by atoms with E-state index in [-0.39, 0.29) is 51.4 Å². The summed E-state index contributed by atoms with van der Waals surface area (Å²) in [6.07, 6.45) is 0.588. The van der Waals surface area contributed by atoms with E-state index >= 15 is 0 Å². The van der Waals surface area contributed by atoms with Crippen LogP contribution in [0.2, 0.25) is 50.9 Å². The molecule has 0 saturated carbocycles. The van der Waals surface area contributed by atoms with Crippen LogP contribution in [0.4, 0.5) is 36.3 Å². The highest BCUT2D eigenvalue weighted by molar-refractivity contribution is 6.34. The van der Waals surface area contributed by atoms with Crippen molar-refractivity contribution in [1.29, 1.82) is 10.5 Å². The minimum Gasteiger partial charge on any atom is -0.444 e. The third-order valence-corrected chi connectivity index (χ3v) is 19.3. The van der Waals surface area contributed by atoms with Crippen LogP contribution in [0, 0.1) is 51.7 Å². The van der Waals surface area contributed by atoms with Crippen molar-refractivity contribution >= 4 is 147 Å². The lowest BCUT2D eigenvalue weighted by Crippen LogP contribution is -2.43. The highest BCUT2D eigenvalue weighted by Gasteiger charge is 2.32. The van der Waals surface area contributed by atoms with Crippen LogP contribution >= 0.6 is 116 Å². The van der Waals surface area contributed by atoms with E-state index in [2.05, 4.69) is 52.4 Å². The Morgan fingerprint density at radius 2 is 0.587 bits per heavy atom. The maximum Gasteiger partial charge on any atom is 0.408 e. The van der Waals surface area contributed by atoms with E-state index < -0.39 is 86.3 Å². The van der Waals surface area contributed by atoms with Gasteiger partial charge in [0.1, 0.15) is 77.3 Å². The summed E-state index contributed by atoms with van der Waals surface area (Å²) in [5.74, 6) is -2.51. The van der Waals surface area contributed by atoms with Gasteiger partial charge in [-0.2, -0.15) is 10.5 Å². The molecule has 0 unspecified atom stereocenters. The predicted octanol–water partition coefficient (Wildman–Crippen LogP) is 27.7. The maximum atomic E-state index is 13.5. The Morgan fingerprint density at radius 3 is 0.857 bits per heavy atom. The van der Waals surface area contributed by atoms with Crippen molar-refractivity contribution in [3.8, 4) is 68.4 Å². The molecule has 0 aliphatic carbocycles. The molecule has 662 valence electrons. The summed E-state index contributed by atoms with van der Waals surface area (Å²) < 4.78 is 82.5. The molecule has 0 bridgehead atoms. The third kappa shape index (κ3) is 33.2. The molecule has 6 heterocycles. The van der Waals surface area contributed by atoms with Crippen LogP contribution in [0.3, 0.4) is 0 Å². The Kier molecular flexibility index (Phi) is 36.8. The number of hydrogen-bond acceptors (Lipinski definition) is 16. The third-order valence-electron chi connectivity index (χ3n) is 16.8. The zero-order chi connectivity index (χ0) is 94.7. The molecule has 5 N–H and O–H groups in total. The fourth-order valence-corrected chi connectivity index (χ4v) is 12.7. The fraction of sp³-hybridized carbons (Fsp3) is 0.261. The summed E-state index contributed by atoms with van der Waals surface area (Å²) in [7, 11) is 0. The number of carbonyl (C=O) groups is 4. The fourth-order valence-electron chi connectivity index (χ4n) is 10.7. The van der Waals surface area contributed by atoms with Gasteiger partial charge in [0.05, 0.1) is 99.2 Å². The Balaban J connectivity index is 0.000000238. The Labute approximate surface area is 778 Å². The number of pyridine rings is 6. The maximum absolute atomic E-state index is 13.5. The van der Waals surface area contributed by atoms with Crippen LogP contribution < -0.4 is 21.7 Å². The molecule has 0 saturated heterocycles. The normalized spacial score (nSPS) is 11.4. The molecule has 0 aliphatic heterocycles. The van der Waals surface area contributed by atoms with Crippen molar-refractivity contribution in [2.45, 2.75) is 157 Å².